The summed E-state index contributed by atoms with van der Waals surface area (Å²) < 4.78 is 5.45. The van der Waals surface area contributed by atoms with Gasteiger partial charge in [0.1, 0.15) is 5.75 Å². The molecule has 0 aromatic heterocycles. The minimum absolute atomic E-state index is 0.0563. The van der Waals surface area contributed by atoms with Crippen LogP contribution in [0.15, 0.2) is 24.3 Å². The molecule has 0 saturated heterocycles. The van der Waals surface area contributed by atoms with Crippen LogP contribution in [0, 0.1) is 5.92 Å². The Bertz CT molecular complexity index is 654. The molecule has 0 spiro atoms. The summed E-state index contributed by atoms with van der Waals surface area (Å²) in [7, 11) is 0. The van der Waals surface area contributed by atoms with Crippen LogP contribution in [0.1, 0.15) is 55.8 Å². The van der Waals surface area contributed by atoms with Crippen molar-refractivity contribution in [2.75, 3.05) is 13.2 Å². The molecule has 1 fully saturated rings. The van der Waals surface area contributed by atoms with Crippen LogP contribution in [-0.4, -0.2) is 42.1 Å². The maximum Gasteiger partial charge on any atom is 0.306 e. The molecule has 7 nitrogen and oxygen atoms in total. The number of ether oxygens (including phenoxy) is 1. The molecule has 0 atom stereocenters. The lowest BCUT2D eigenvalue weighted by Crippen LogP contribution is -2.39. The van der Waals surface area contributed by atoms with Gasteiger partial charge >= 0.3 is 5.97 Å². The zero-order chi connectivity index (χ0) is 19.6. The van der Waals surface area contributed by atoms with Gasteiger partial charge in [0.05, 0.1) is 18.1 Å². The highest BCUT2D eigenvalue weighted by molar-refractivity contribution is 5.96. The van der Waals surface area contributed by atoms with Gasteiger partial charge in [-0.05, 0) is 51.2 Å². The van der Waals surface area contributed by atoms with Crippen LogP contribution in [0.5, 0.6) is 5.75 Å². The molecule has 1 aromatic rings. The van der Waals surface area contributed by atoms with Crippen LogP contribution in [0.2, 0.25) is 0 Å². The second-order valence-corrected chi connectivity index (χ2v) is 6.74. The first-order valence-corrected chi connectivity index (χ1v) is 9.53. The third-order valence-corrected chi connectivity index (χ3v) is 4.74. The van der Waals surface area contributed by atoms with Crippen LogP contribution in [0.4, 0.5) is 0 Å². The Morgan fingerprint density at radius 1 is 1.15 bits per heavy atom. The largest absolute Gasteiger partial charge is 0.493 e. The van der Waals surface area contributed by atoms with Gasteiger partial charge in [-0.2, -0.15) is 0 Å². The zero-order valence-electron chi connectivity index (χ0n) is 15.7. The topological polar surface area (TPSA) is 105 Å². The Balaban J connectivity index is 1.66. The number of carboxylic acid groups (broad SMARTS) is 1. The van der Waals surface area contributed by atoms with E-state index in [1.807, 2.05) is 13.0 Å². The lowest BCUT2D eigenvalue weighted by molar-refractivity contribution is -0.142. The van der Waals surface area contributed by atoms with Gasteiger partial charge in [0, 0.05) is 19.0 Å². The van der Waals surface area contributed by atoms with Crippen molar-refractivity contribution in [1.82, 2.24) is 10.6 Å². The smallest absolute Gasteiger partial charge is 0.306 e. The van der Waals surface area contributed by atoms with Crippen LogP contribution in [0.3, 0.4) is 0 Å². The molecule has 1 aliphatic carbocycles. The first-order valence-electron chi connectivity index (χ1n) is 9.53. The van der Waals surface area contributed by atoms with Gasteiger partial charge in [0.15, 0.2) is 0 Å². The molecule has 2 amide bonds. The lowest BCUT2D eigenvalue weighted by Gasteiger charge is -2.26. The van der Waals surface area contributed by atoms with Crippen molar-refractivity contribution in [2.45, 2.75) is 51.5 Å². The lowest BCUT2D eigenvalue weighted by atomic mass is 9.86. The van der Waals surface area contributed by atoms with Gasteiger partial charge < -0.3 is 20.5 Å². The number of rotatable bonds is 9. The number of carbonyl (C=O) groups is 3. The molecule has 0 heterocycles. The van der Waals surface area contributed by atoms with Gasteiger partial charge in [-0.1, -0.05) is 12.1 Å². The molecule has 0 radical (unpaired) electrons. The zero-order valence-corrected chi connectivity index (χ0v) is 15.7. The van der Waals surface area contributed by atoms with E-state index >= 15 is 0 Å². The number of aliphatic carboxylic acids is 1. The molecule has 1 saturated carbocycles. The van der Waals surface area contributed by atoms with Crippen LogP contribution in [0.25, 0.3) is 0 Å². The van der Waals surface area contributed by atoms with Gasteiger partial charge in [0.25, 0.3) is 5.91 Å². The number of para-hydroxylation sites is 1. The van der Waals surface area contributed by atoms with E-state index in [0.717, 1.165) is 0 Å². The SMILES string of the molecule is CCOc1ccccc1C(=O)NCCCC(=O)NC1CCC(C(=O)O)CC1. The van der Waals surface area contributed by atoms with Crippen molar-refractivity contribution in [3.05, 3.63) is 29.8 Å². The predicted octanol–water partition coefficient (Wildman–Crippen LogP) is 2.35. The van der Waals surface area contributed by atoms with E-state index in [1.165, 1.54) is 0 Å². The maximum absolute atomic E-state index is 12.2. The number of carbonyl (C=O) groups excluding carboxylic acids is 2. The first kappa shape index (κ1) is 20.7. The summed E-state index contributed by atoms with van der Waals surface area (Å²) in [6.07, 6.45) is 3.48. The van der Waals surface area contributed by atoms with E-state index in [-0.39, 0.29) is 23.8 Å². The maximum atomic E-state index is 12.2. The molecule has 0 unspecified atom stereocenters. The van der Waals surface area contributed by atoms with E-state index < -0.39 is 5.97 Å². The molecule has 0 bridgehead atoms. The molecular formula is C20H28N2O5. The molecule has 3 N–H and O–H groups in total. The Morgan fingerprint density at radius 2 is 1.85 bits per heavy atom. The van der Waals surface area contributed by atoms with E-state index in [1.54, 1.807) is 18.2 Å². The summed E-state index contributed by atoms with van der Waals surface area (Å²) in [4.78, 5) is 35.2. The second-order valence-electron chi connectivity index (χ2n) is 6.74. The molecule has 27 heavy (non-hydrogen) atoms. The standard InChI is InChI=1S/C20H28N2O5/c1-2-27-17-7-4-3-6-16(17)19(24)21-13-5-8-18(23)22-15-11-9-14(10-12-15)20(25)26/h3-4,6-7,14-15H,2,5,8-13H2,1H3,(H,21,24)(H,22,23)(H,25,26). The van der Waals surface area contributed by atoms with Crippen LogP contribution in [-0.2, 0) is 9.59 Å². The van der Waals surface area contributed by atoms with Gasteiger partial charge in [0.2, 0.25) is 5.91 Å². The number of hydrogen-bond acceptors (Lipinski definition) is 4. The third-order valence-electron chi connectivity index (χ3n) is 4.74. The van der Waals surface area contributed by atoms with Crippen molar-refractivity contribution in [2.24, 2.45) is 5.92 Å². The minimum atomic E-state index is -0.749. The van der Waals surface area contributed by atoms with Crippen LogP contribution >= 0.6 is 0 Å². The first-order chi connectivity index (χ1) is 13.0. The predicted molar refractivity (Wildman–Crippen MR) is 101 cm³/mol. The average Bonchev–Trinajstić information content (AvgIpc) is 2.66. The van der Waals surface area contributed by atoms with Crippen molar-refractivity contribution in [3.63, 3.8) is 0 Å². The average molecular weight is 376 g/mol. The molecule has 148 valence electrons. The molecule has 2 rings (SSSR count). The normalized spacial score (nSPS) is 19.1. The highest BCUT2D eigenvalue weighted by atomic mass is 16.5. The highest BCUT2D eigenvalue weighted by Gasteiger charge is 2.26. The molecule has 0 aliphatic heterocycles. The van der Waals surface area contributed by atoms with Crippen molar-refractivity contribution in [3.8, 4) is 5.75 Å². The fourth-order valence-corrected chi connectivity index (χ4v) is 3.27. The Hall–Kier alpha value is -2.57. The molecule has 1 aromatic carbocycles. The van der Waals surface area contributed by atoms with Crippen molar-refractivity contribution >= 4 is 17.8 Å². The van der Waals surface area contributed by atoms with E-state index in [2.05, 4.69) is 10.6 Å². The molecule has 7 heteroatoms. The van der Waals surface area contributed by atoms with Gasteiger partial charge in [-0.3, -0.25) is 14.4 Å². The van der Waals surface area contributed by atoms with Gasteiger partial charge in [-0.15, -0.1) is 0 Å². The summed E-state index contributed by atoms with van der Waals surface area (Å²) in [5.41, 5.74) is 0.485. The number of carboxylic acids is 1. The monoisotopic (exact) mass is 376 g/mol. The summed E-state index contributed by atoms with van der Waals surface area (Å²) in [5, 5.41) is 14.8. The summed E-state index contributed by atoms with van der Waals surface area (Å²) in [6, 6.07) is 7.12. The van der Waals surface area contributed by atoms with Crippen LogP contribution < -0.4 is 15.4 Å². The van der Waals surface area contributed by atoms with E-state index in [4.69, 9.17) is 9.84 Å². The van der Waals surface area contributed by atoms with Crippen molar-refractivity contribution < 1.29 is 24.2 Å². The second kappa shape index (κ2) is 10.5. The molecule has 1 aliphatic rings. The van der Waals surface area contributed by atoms with Crippen molar-refractivity contribution in [1.29, 1.82) is 0 Å². The Labute approximate surface area is 159 Å². The third kappa shape index (κ3) is 6.58. The quantitative estimate of drug-likeness (QED) is 0.574. The molecular weight excluding hydrogens is 348 g/mol. The number of benzene rings is 1. The Kier molecular flexibility index (Phi) is 8.10. The van der Waals surface area contributed by atoms with E-state index in [9.17, 15) is 14.4 Å². The minimum Gasteiger partial charge on any atom is -0.493 e. The number of amides is 2. The van der Waals surface area contributed by atoms with Gasteiger partial charge in [-0.25, -0.2) is 0 Å². The highest BCUT2D eigenvalue weighted by Crippen LogP contribution is 2.24. The Morgan fingerprint density at radius 3 is 2.52 bits per heavy atom. The summed E-state index contributed by atoms with van der Waals surface area (Å²) in [5.74, 6) is -0.759. The van der Waals surface area contributed by atoms with E-state index in [0.29, 0.717) is 63.0 Å². The number of hydrogen-bond donors (Lipinski definition) is 3. The fourth-order valence-electron chi connectivity index (χ4n) is 3.27. The fraction of sp³-hybridized carbons (Fsp3) is 0.550. The summed E-state index contributed by atoms with van der Waals surface area (Å²) in [6.45, 7) is 2.75. The summed E-state index contributed by atoms with van der Waals surface area (Å²) >= 11 is 0. The number of nitrogens with one attached hydrogen (secondary N) is 2.